The molecule has 8 nitrogen and oxygen atoms in total. The predicted molar refractivity (Wildman–Crippen MR) is 88.4 cm³/mol. The van der Waals surface area contributed by atoms with Gasteiger partial charge in [-0.15, -0.1) is 0 Å². The fraction of sp³-hybridized carbons (Fsp3) is 0.0667. The first-order valence-electron chi connectivity index (χ1n) is 6.61. The van der Waals surface area contributed by atoms with Crippen LogP contribution in [-0.4, -0.2) is 23.8 Å². The summed E-state index contributed by atoms with van der Waals surface area (Å²) in [6.45, 7) is 0. The number of benzene rings is 2. The summed E-state index contributed by atoms with van der Waals surface area (Å²) in [4.78, 5) is 33.8. The fourth-order valence-electron chi connectivity index (χ4n) is 1.81. The summed E-state index contributed by atoms with van der Waals surface area (Å²) < 4.78 is 5.07. The van der Waals surface area contributed by atoms with E-state index in [4.69, 9.17) is 16.3 Å². The molecule has 0 aliphatic heterocycles. The third-order valence-corrected chi connectivity index (χ3v) is 3.19. The second-order valence-corrected chi connectivity index (χ2v) is 4.99. The van der Waals surface area contributed by atoms with Crippen molar-refractivity contribution in [2.24, 2.45) is 0 Å². The van der Waals surface area contributed by atoms with Gasteiger partial charge in [0.1, 0.15) is 5.75 Å². The summed E-state index contributed by atoms with van der Waals surface area (Å²) in [5.41, 5.74) is 0.369. The van der Waals surface area contributed by atoms with Crippen molar-refractivity contribution >= 4 is 40.5 Å². The van der Waals surface area contributed by atoms with Crippen LogP contribution in [0.25, 0.3) is 0 Å². The summed E-state index contributed by atoms with van der Waals surface area (Å²) in [7, 11) is 1.41. The molecule has 2 rings (SSSR count). The molecule has 2 aromatic carbocycles. The van der Waals surface area contributed by atoms with E-state index in [1.807, 2.05) is 0 Å². The Labute approximate surface area is 141 Å². The Bertz CT molecular complexity index is 792. The first-order valence-corrected chi connectivity index (χ1v) is 6.99. The normalized spacial score (nSPS) is 9.92. The highest BCUT2D eigenvalue weighted by Gasteiger charge is 2.17. The number of non-ortho nitro benzene ring substituents is 1. The van der Waals surface area contributed by atoms with E-state index in [9.17, 15) is 19.7 Å². The molecule has 0 aromatic heterocycles. The molecule has 0 spiro atoms. The molecule has 0 aliphatic carbocycles. The largest absolute Gasteiger partial charge is 0.495 e. The minimum absolute atomic E-state index is 0.124. The summed E-state index contributed by atoms with van der Waals surface area (Å²) in [6.07, 6.45) is 0. The van der Waals surface area contributed by atoms with E-state index in [0.29, 0.717) is 10.8 Å². The maximum atomic E-state index is 11.9. The van der Waals surface area contributed by atoms with E-state index < -0.39 is 16.7 Å². The zero-order chi connectivity index (χ0) is 17.7. The van der Waals surface area contributed by atoms with Gasteiger partial charge in [-0.3, -0.25) is 19.7 Å². The van der Waals surface area contributed by atoms with Gasteiger partial charge in [-0.2, -0.15) is 0 Å². The highest BCUT2D eigenvalue weighted by molar-refractivity contribution is 6.44. The van der Waals surface area contributed by atoms with Gasteiger partial charge in [0.15, 0.2) is 0 Å². The fourth-order valence-corrected chi connectivity index (χ4v) is 1.98. The van der Waals surface area contributed by atoms with Crippen molar-refractivity contribution in [3.05, 3.63) is 57.6 Å². The number of methoxy groups -OCH3 is 1. The minimum atomic E-state index is -0.939. The lowest BCUT2D eigenvalue weighted by molar-refractivity contribution is -0.384. The van der Waals surface area contributed by atoms with Gasteiger partial charge in [0.05, 0.1) is 17.7 Å². The molecule has 124 valence electrons. The van der Waals surface area contributed by atoms with Crippen LogP contribution in [0.5, 0.6) is 5.75 Å². The van der Waals surface area contributed by atoms with Crippen molar-refractivity contribution in [3.8, 4) is 5.75 Å². The van der Waals surface area contributed by atoms with Crippen molar-refractivity contribution in [2.45, 2.75) is 0 Å². The smallest absolute Gasteiger partial charge is 0.314 e. The Morgan fingerprint density at radius 3 is 2.29 bits per heavy atom. The molecule has 0 radical (unpaired) electrons. The number of rotatable bonds is 4. The number of nitro benzene ring substituents is 1. The maximum Gasteiger partial charge on any atom is 0.314 e. The Morgan fingerprint density at radius 1 is 1.08 bits per heavy atom. The van der Waals surface area contributed by atoms with Crippen molar-refractivity contribution in [2.75, 3.05) is 17.7 Å². The van der Waals surface area contributed by atoms with Gasteiger partial charge in [0, 0.05) is 22.8 Å². The number of carbonyl (C=O) groups excluding carboxylic acids is 2. The van der Waals surface area contributed by atoms with Crippen LogP contribution in [0.3, 0.4) is 0 Å². The van der Waals surface area contributed by atoms with E-state index in [1.165, 1.54) is 37.4 Å². The number of ether oxygens (including phenoxy) is 1. The third kappa shape index (κ3) is 4.20. The van der Waals surface area contributed by atoms with Gasteiger partial charge in [-0.1, -0.05) is 11.6 Å². The summed E-state index contributed by atoms with van der Waals surface area (Å²) in [5, 5.41) is 15.6. The zero-order valence-electron chi connectivity index (χ0n) is 12.4. The summed E-state index contributed by atoms with van der Waals surface area (Å²) >= 11 is 5.84. The third-order valence-electron chi connectivity index (χ3n) is 2.95. The average Bonchev–Trinajstić information content (AvgIpc) is 2.55. The number of nitro groups is 1. The van der Waals surface area contributed by atoms with Gasteiger partial charge >= 0.3 is 11.8 Å². The van der Waals surface area contributed by atoms with E-state index in [-0.39, 0.29) is 17.1 Å². The SMILES string of the molecule is COc1ccc(Cl)cc1NC(=O)C(=O)Nc1ccc([N+](=O)[O-])cc1. The second-order valence-electron chi connectivity index (χ2n) is 4.56. The number of hydrogen-bond acceptors (Lipinski definition) is 5. The summed E-state index contributed by atoms with van der Waals surface area (Å²) in [5.74, 6) is -1.53. The average molecular weight is 350 g/mol. The molecule has 0 bridgehead atoms. The molecule has 0 fully saturated rings. The van der Waals surface area contributed by atoms with Crippen LogP contribution in [0.1, 0.15) is 0 Å². The monoisotopic (exact) mass is 349 g/mol. The molecule has 2 N–H and O–H groups in total. The van der Waals surface area contributed by atoms with Crippen molar-refractivity contribution in [3.63, 3.8) is 0 Å². The molecule has 2 aromatic rings. The number of amides is 2. The molecule has 0 unspecified atom stereocenters. The van der Waals surface area contributed by atoms with E-state index in [2.05, 4.69) is 10.6 Å². The Morgan fingerprint density at radius 2 is 1.71 bits per heavy atom. The molecule has 24 heavy (non-hydrogen) atoms. The van der Waals surface area contributed by atoms with Crippen LogP contribution in [0, 0.1) is 10.1 Å². The number of hydrogen-bond donors (Lipinski definition) is 2. The number of nitrogens with one attached hydrogen (secondary N) is 2. The lowest BCUT2D eigenvalue weighted by Crippen LogP contribution is -2.29. The number of anilines is 2. The Hall–Kier alpha value is -3.13. The zero-order valence-corrected chi connectivity index (χ0v) is 13.2. The molecule has 2 amide bonds. The van der Waals surface area contributed by atoms with Crippen LogP contribution in [0.15, 0.2) is 42.5 Å². The minimum Gasteiger partial charge on any atom is -0.495 e. The van der Waals surface area contributed by atoms with Gasteiger partial charge in [-0.05, 0) is 30.3 Å². The topological polar surface area (TPSA) is 111 Å². The molecule has 0 saturated carbocycles. The highest BCUT2D eigenvalue weighted by atomic mass is 35.5. The first-order chi connectivity index (χ1) is 11.4. The number of halogens is 1. The first kappa shape index (κ1) is 17.2. The second kappa shape index (κ2) is 7.42. The maximum absolute atomic E-state index is 11.9. The van der Waals surface area contributed by atoms with Crippen LogP contribution in [-0.2, 0) is 9.59 Å². The van der Waals surface area contributed by atoms with Crippen molar-refractivity contribution in [1.29, 1.82) is 0 Å². The Kier molecular flexibility index (Phi) is 5.33. The van der Waals surface area contributed by atoms with Gasteiger partial charge < -0.3 is 15.4 Å². The van der Waals surface area contributed by atoms with Crippen LogP contribution in [0.2, 0.25) is 5.02 Å². The number of carbonyl (C=O) groups is 2. The van der Waals surface area contributed by atoms with Gasteiger partial charge in [-0.25, -0.2) is 0 Å². The van der Waals surface area contributed by atoms with Crippen LogP contribution in [0.4, 0.5) is 17.1 Å². The van der Waals surface area contributed by atoms with E-state index >= 15 is 0 Å². The molecule has 9 heteroatoms. The number of nitrogens with zero attached hydrogens (tertiary/aromatic N) is 1. The molecule has 0 aliphatic rings. The van der Waals surface area contributed by atoms with Crippen LogP contribution >= 0.6 is 11.6 Å². The van der Waals surface area contributed by atoms with Crippen molar-refractivity contribution < 1.29 is 19.2 Å². The predicted octanol–water partition coefficient (Wildman–Crippen LogP) is 2.83. The molecule has 0 heterocycles. The quantitative estimate of drug-likeness (QED) is 0.501. The van der Waals surface area contributed by atoms with Crippen LogP contribution < -0.4 is 15.4 Å². The van der Waals surface area contributed by atoms with E-state index in [1.54, 1.807) is 12.1 Å². The lowest BCUT2D eigenvalue weighted by Gasteiger charge is -2.10. The standard InChI is InChI=1S/C15H12ClN3O5/c1-24-13-7-2-9(16)8-12(13)18-15(21)14(20)17-10-3-5-11(6-4-10)19(22)23/h2-8H,1H3,(H,17,20)(H,18,21). The molecular formula is C15H12ClN3O5. The Balaban J connectivity index is 2.06. The van der Waals surface area contributed by atoms with E-state index in [0.717, 1.165) is 0 Å². The van der Waals surface area contributed by atoms with Crippen molar-refractivity contribution in [1.82, 2.24) is 0 Å². The summed E-state index contributed by atoms with van der Waals surface area (Å²) in [6, 6.07) is 9.64. The lowest BCUT2D eigenvalue weighted by atomic mass is 10.2. The highest BCUT2D eigenvalue weighted by Crippen LogP contribution is 2.27. The van der Waals surface area contributed by atoms with Gasteiger partial charge in [0.2, 0.25) is 0 Å². The molecular weight excluding hydrogens is 338 g/mol. The molecule has 0 atom stereocenters. The van der Waals surface area contributed by atoms with Gasteiger partial charge in [0.25, 0.3) is 5.69 Å². The molecule has 0 saturated heterocycles.